The average Bonchev–Trinajstić information content (AvgIpc) is 3.38. The lowest BCUT2D eigenvalue weighted by atomic mass is 10.0. The Hall–Kier alpha value is -3.25. The Bertz CT molecular complexity index is 993. The second-order valence-electron chi connectivity index (χ2n) is 5.53. The summed E-state index contributed by atoms with van der Waals surface area (Å²) >= 11 is 1.58. The van der Waals surface area contributed by atoms with Crippen molar-refractivity contribution in [3.05, 3.63) is 88.4 Å². The van der Waals surface area contributed by atoms with E-state index >= 15 is 0 Å². The minimum absolute atomic E-state index is 0.0190. The van der Waals surface area contributed by atoms with Gasteiger partial charge in [0, 0.05) is 22.1 Å². The Morgan fingerprint density at radius 1 is 1.00 bits per heavy atom. The maximum Gasteiger partial charge on any atom is 0.264 e. The second-order valence-corrected chi connectivity index (χ2v) is 6.31. The first kappa shape index (κ1) is 16.2. The zero-order valence-electron chi connectivity index (χ0n) is 13.7. The summed E-state index contributed by atoms with van der Waals surface area (Å²) in [7, 11) is 0. The summed E-state index contributed by atoms with van der Waals surface area (Å²) in [5.41, 5.74) is 2.20. The molecule has 0 aliphatic heterocycles. The normalized spacial score (nSPS) is 10.6. The van der Waals surface area contributed by atoms with Gasteiger partial charge in [-0.05, 0) is 35.7 Å². The number of ketones is 1. The maximum atomic E-state index is 12.4. The van der Waals surface area contributed by atoms with Crippen molar-refractivity contribution in [2.75, 3.05) is 0 Å². The van der Waals surface area contributed by atoms with Crippen LogP contribution in [0.3, 0.4) is 0 Å². The van der Waals surface area contributed by atoms with E-state index < -0.39 is 0 Å². The first-order valence-corrected chi connectivity index (χ1v) is 8.91. The van der Waals surface area contributed by atoms with Crippen molar-refractivity contribution in [1.29, 1.82) is 0 Å². The van der Waals surface area contributed by atoms with Gasteiger partial charge in [-0.25, -0.2) is 0 Å². The molecule has 0 saturated heterocycles. The van der Waals surface area contributed by atoms with E-state index in [0.29, 0.717) is 28.6 Å². The topological polar surface area (TPSA) is 65.2 Å². The van der Waals surface area contributed by atoms with Crippen LogP contribution in [0.2, 0.25) is 0 Å². The Morgan fingerprint density at radius 3 is 2.50 bits per heavy atom. The number of carbonyl (C=O) groups excluding carboxylic acids is 1. The lowest BCUT2D eigenvalue weighted by Crippen LogP contribution is -2.01. The zero-order chi connectivity index (χ0) is 17.8. The van der Waals surface area contributed by atoms with E-state index in [1.807, 2.05) is 35.0 Å². The third kappa shape index (κ3) is 3.55. The molecule has 0 amide bonds. The predicted octanol–water partition coefficient (Wildman–Crippen LogP) is 4.61. The van der Waals surface area contributed by atoms with Gasteiger partial charge in [-0.1, -0.05) is 35.5 Å². The van der Waals surface area contributed by atoms with Crippen molar-refractivity contribution in [1.82, 2.24) is 10.1 Å². The quantitative estimate of drug-likeness (QED) is 0.469. The molecule has 128 valence electrons. The average molecular weight is 362 g/mol. The Balaban J connectivity index is 1.40. The molecule has 0 aliphatic rings. The molecule has 26 heavy (non-hydrogen) atoms. The van der Waals surface area contributed by atoms with Crippen LogP contribution in [-0.4, -0.2) is 15.9 Å². The summed E-state index contributed by atoms with van der Waals surface area (Å²) in [6, 6.07) is 18.1. The highest BCUT2D eigenvalue weighted by atomic mass is 32.1. The Kier molecular flexibility index (Phi) is 4.57. The molecule has 0 fully saturated rings. The molecule has 0 atom stereocenters. The molecule has 4 aromatic rings. The van der Waals surface area contributed by atoms with Crippen LogP contribution in [0.5, 0.6) is 5.75 Å². The fraction of sp³-hybridized carbons (Fsp3) is 0.0500. The molecule has 0 N–H and O–H groups in total. The van der Waals surface area contributed by atoms with Crippen LogP contribution < -0.4 is 4.74 Å². The van der Waals surface area contributed by atoms with Gasteiger partial charge in [0.2, 0.25) is 5.82 Å². The predicted molar refractivity (Wildman–Crippen MR) is 98.3 cm³/mol. The number of benzene rings is 2. The van der Waals surface area contributed by atoms with Crippen molar-refractivity contribution in [3.63, 3.8) is 0 Å². The second kappa shape index (κ2) is 7.33. The molecule has 0 radical (unpaired) electrons. The van der Waals surface area contributed by atoms with Crippen molar-refractivity contribution >= 4 is 17.1 Å². The number of nitrogens with zero attached hydrogens (tertiary/aromatic N) is 2. The highest BCUT2D eigenvalue weighted by molar-refractivity contribution is 7.08. The molecular formula is C20H14N2O3S. The van der Waals surface area contributed by atoms with Crippen molar-refractivity contribution < 1.29 is 14.1 Å². The standard InChI is InChI=1S/C20H14N2O3S/c23-19(14-4-2-1-3-5-14)15-6-8-17(9-7-15)24-12-18-21-20(22-25-18)16-10-11-26-13-16/h1-11,13H,12H2. The minimum atomic E-state index is -0.0190. The molecule has 6 heteroatoms. The molecule has 5 nitrogen and oxygen atoms in total. The van der Waals surface area contributed by atoms with Gasteiger partial charge >= 0.3 is 0 Å². The van der Waals surface area contributed by atoms with E-state index in [1.165, 1.54) is 0 Å². The molecule has 2 aromatic carbocycles. The fourth-order valence-electron chi connectivity index (χ4n) is 2.43. The highest BCUT2D eigenvalue weighted by Gasteiger charge is 2.11. The van der Waals surface area contributed by atoms with Gasteiger partial charge in [-0.3, -0.25) is 4.79 Å². The van der Waals surface area contributed by atoms with Gasteiger partial charge in [0.05, 0.1) is 0 Å². The molecule has 2 heterocycles. The maximum absolute atomic E-state index is 12.4. The van der Waals surface area contributed by atoms with E-state index in [-0.39, 0.29) is 12.4 Å². The Labute approximate surface area is 153 Å². The number of ether oxygens (including phenoxy) is 1. The largest absolute Gasteiger partial charge is 0.484 e. The van der Waals surface area contributed by atoms with Gasteiger partial charge in [-0.15, -0.1) is 0 Å². The lowest BCUT2D eigenvalue weighted by Gasteiger charge is -2.05. The summed E-state index contributed by atoms with van der Waals surface area (Å²) < 4.78 is 10.9. The number of hydrogen-bond acceptors (Lipinski definition) is 6. The van der Waals surface area contributed by atoms with Crippen LogP contribution in [0.25, 0.3) is 11.4 Å². The first-order valence-electron chi connectivity index (χ1n) is 7.97. The Morgan fingerprint density at radius 2 is 1.77 bits per heavy atom. The molecule has 0 spiro atoms. The summed E-state index contributed by atoms with van der Waals surface area (Å²) in [4.78, 5) is 16.7. The third-order valence-corrected chi connectivity index (χ3v) is 4.45. The van der Waals surface area contributed by atoms with Crippen LogP contribution in [0.1, 0.15) is 21.8 Å². The molecule has 0 bridgehead atoms. The van der Waals surface area contributed by atoms with Crippen LogP contribution in [-0.2, 0) is 6.61 Å². The molecule has 0 aliphatic carbocycles. The van der Waals surface area contributed by atoms with E-state index in [0.717, 1.165) is 5.56 Å². The molecular weight excluding hydrogens is 348 g/mol. The highest BCUT2D eigenvalue weighted by Crippen LogP contribution is 2.20. The molecule has 0 saturated carbocycles. The summed E-state index contributed by atoms with van der Waals surface area (Å²) in [6.07, 6.45) is 0. The van der Waals surface area contributed by atoms with E-state index in [2.05, 4.69) is 10.1 Å². The van der Waals surface area contributed by atoms with Gasteiger partial charge in [0.25, 0.3) is 5.89 Å². The summed E-state index contributed by atoms with van der Waals surface area (Å²) in [6.45, 7) is 0.170. The van der Waals surface area contributed by atoms with E-state index in [4.69, 9.17) is 9.26 Å². The molecule has 4 rings (SSSR count). The van der Waals surface area contributed by atoms with Gasteiger partial charge in [0.1, 0.15) is 5.75 Å². The van der Waals surface area contributed by atoms with E-state index in [1.54, 1.807) is 47.7 Å². The lowest BCUT2D eigenvalue weighted by molar-refractivity contribution is 0.103. The number of thiophene rings is 1. The van der Waals surface area contributed by atoms with Crippen molar-refractivity contribution in [3.8, 4) is 17.1 Å². The van der Waals surface area contributed by atoms with Crippen LogP contribution >= 0.6 is 11.3 Å². The SMILES string of the molecule is O=C(c1ccccc1)c1ccc(OCc2nc(-c3ccsc3)no2)cc1. The third-order valence-electron chi connectivity index (χ3n) is 3.76. The number of carbonyl (C=O) groups is 1. The van der Waals surface area contributed by atoms with Crippen molar-refractivity contribution in [2.45, 2.75) is 6.61 Å². The van der Waals surface area contributed by atoms with Crippen LogP contribution in [0.4, 0.5) is 0 Å². The van der Waals surface area contributed by atoms with Gasteiger partial charge < -0.3 is 9.26 Å². The number of aromatic nitrogens is 2. The summed E-state index contributed by atoms with van der Waals surface area (Å²) in [5.74, 6) is 1.56. The van der Waals surface area contributed by atoms with Gasteiger partial charge in [-0.2, -0.15) is 16.3 Å². The molecule has 0 unspecified atom stereocenters. The van der Waals surface area contributed by atoms with Crippen LogP contribution in [0, 0.1) is 0 Å². The first-order chi connectivity index (χ1) is 12.8. The van der Waals surface area contributed by atoms with Gasteiger partial charge in [0.15, 0.2) is 12.4 Å². The number of hydrogen-bond donors (Lipinski definition) is 0. The van der Waals surface area contributed by atoms with Crippen LogP contribution in [0.15, 0.2) is 75.9 Å². The fourth-order valence-corrected chi connectivity index (χ4v) is 3.06. The van der Waals surface area contributed by atoms with E-state index in [9.17, 15) is 4.79 Å². The smallest absolute Gasteiger partial charge is 0.264 e. The minimum Gasteiger partial charge on any atom is -0.484 e. The zero-order valence-corrected chi connectivity index (χ0v) is 14.5. The monoisotopic (exact) mass is 362 g/mol. The van der Waals surface area contributed by atoms with Crippen molar-refractivity contribution in [2.24, 2.45) is 0 Å². The summed E-state index contributed by atoms with van der Waals surface area (Å²) in [5, 5.41) is 7.85. The number of rotatable bonds is 6. The molecule has 2 aromatic heterocycles.